The summed E-state index contributed by atoms with van der Waals surface area (Å²) in [5.41, 5.74) is 1.01. The number of para-hydroxylation sites is 1. The molecule has 0 N–H and O–H groups in total. The lowest BCUT2D eigenvalue weighted by Gasteiger charge is -2.13. The lowest BCUT2D eigenvalue weighted by molar-refractivity contribution is 0.584. The van der Waals surface area contributed by atoms with Crippen molar-refractivity contribution in [2.45, 2.75) is 30.8 Å². The zero-order chi connectivity index (χ0) is 17.1. The first-order chi connectivity index (χ1) is 11.6. The second-order valence-corrected chi connectivity index (χ2v) is 6.71. The number of benzene rings is 2. The van der Waals surface area contributed by atoms with Crippen LogP contribution >= 0.6 is 23.4 Å². The average molecular weight is 363 g/mol. The Labute approximate surface area is 148 Å². The highest BCUT2D eigenvalue weighted by Gasteiger charge is 2.13. The molecule has 0 aliphatic carbocycles. The van der Waals surface area contributed by atoms with Gasteiger partial charge in [-0.3, -0.25) is 9.36 Å². The minimum Gasteiger partial charge on any atom is -0.287 e. The highest BCUT2D eigenvalue weighted by Crippen LogP contribution is 2.28. The molecular formula is C18H16ClFN2OS. The van der Waals surface area contributed by atoms with Crippen molar-refractivity contribution in [1.29, 1.82) is 0 Å². The van der Waals surface area contributed by atoms with Gasteiger partial charge >= 0.3 is 0 Å². The number of aromatic nitrogens is 2. The van der Waals surface area contributed by atoms with Crippen molar-refractivity contribution in [3.05, 3.63) is 69.2 Å². The van der Waals surface area contributed by atoms with Gasteiger partial charge in [0, 0.05) is 22.9 Å². The van der Waals surface area contributed by atoms with Crippen molar-refractivity contribution in [3.63, 3.8) is 0 Å². The Balaban J connectivity index is 2.02. The minimum atomic E-state index is -0.347. The van der Waals surface area contributed by atoms with Crippen LogP contribution in [0.25, 0.3) is 10.9 Å². The van der Waals surface area contributed by atoms with Crippen LogP contribution in [0.4, 0.5) is 4.39 Å². The zero-order valence-electron chi connectivity index (χ0n) is 13.1. The number of rotatable bonds is 5. The molecule has 1 aromatic heterocycles. The smallest absolute Gasteiger partial charge is 0.262 e. The van der Waals surface area contributed by atoms with Crippen LogP contribution < -0.4 is 5.56 Å². The van der Waals surface area contributed by atoms with Crippen molar-refractivity contribution in [1.82, 2.24) is 9.55 Å². The van der Waals surface area contributed by atoms with Gasteiger partial charge < -0.3 is 0 Å². The van der Waals surface area contributed by atoms with Gasteiger partial charge in [0.05, 0.1) is 10.9 Å². The van der Waals surface area contributed by atoms with Gasteiger partial charge in [0.15, 0.2) is 5.16 Å². The number of thioether (sulfide) groups is 1. The standard InChI is InChI=1S/C18H16ClFN2OS/c1-2-10-22-17(23)12-6-3-4-9-16(12)21-18(22)24-11-13-14(19)7-5-8-15(13)20/h3-9H,2,10-11H2,1H3. The third-order valence-corrected chi connectivity index (χ3v) is 5.04. The predicted octanol–water partition coefficient (Wildman–Crippen LogP) is 4.89. The molecule has 0 radical (unpaired) electrons. The lowest BCUT2D eigenvalue weighted by Crippen LogP contribution is -2.23. The predicted molar refractivity (Wildman–Crippen MR) is 97.3 cm³/mol. The molecule has 0 aliphatic heterocycles. The fourth-order valence-corrected chi connectivity index (χ4v) is 3.85. The average Bonchev–Trinajstić information content (AvgIpc) is 2.57. The number of halogens is 2. The van der Waals surface area contributed by atoms with Crippen LogP contribution in [0.2, 0.25) is 5.02 Å². The molecule has 0 spiro atoms. The summed E-state index contributed by atoms with van der Waals surface area (Å²) in [6, 6.07) is 11.9. The van der Waals surface area contributed by atoms with E-state index in [1.165, 1.54) is 17.8 Å². The molecule has 0 amide bonds. The van der Waals surface area contributed by atoms with E-state index in [1.54, 1.807) is 22.8 Å². The molecule has 1 heterocycles. The van der Waals surface area contributed by atoms with Crippen molar-refractivity contribution in [3.8, 4) is 0 Å². The normalized spacial score (nSPS) is 11.1. The van der Waals surface area contributed by atoms with E-state index in [1.807, 2.05) is 25.1 Å². The molecule has 24 heavy (non-hydrogen) atoms. The third kappa shape index (κ3) is 3.32. The second kappa shape index (κ2) is 7.36. The van der Waals surface area contributed by atoms with Gasteiger partial charge in [-0.2, -0.15) is 0 Å². The quantitative estimate of drug-likeness (QED) is 0.478. The van der Waals surface area contributed by atoms with Crippen molar-refractivity contribution < 1.29 is 4.39 Å². The van der Waals surface area contributed by atoms with Crippen molar-refractivity contribution >= 4 is 34.3 Å². The maximum absolute atomic E-state index is 13.9. The van der Waals surface area contributed by atoms with E-state index >= 15 is 0 Å². The first-order valence-corrected chi connectivity index (χ1v) is 9.03. The van der Waals surface area contributed by atoms with E-state index in [2.05, 4.69) is 4.98 Å². The number of nitrogens with zero attached hydrogens (tertiary/aromatic N) is 2. The molecule has 3 nitrogen and oxygen atoms in total. The fourth-order valence-electron chi connectivity index (χ4n) is 2.49. The van der Waals surface area contributed by atoms with Crippen LogP contribution in [-0.2, 0) is 12.3 Å². The van der Waals surface area contributed by atoms with Gasteiger partial charge in [-0.05, 0) is 30.7 Å². The highest BCUT2D eigenvalue weighted by atomic mass is 35.5. The van der Waals surface area contributed by atoms with E-state index in [0.717, 1.165) is 6.42 Å². The van der Waals surface area contributed by atoms with E-state index in [-0.39, 0.29) is 11.4 Å². The summed E-state index contributed by atoms with van der Waals surface area (Å²) in [4.78, 5) is 17.3. The third-order valence-electron chi connectivity index (χ3n) is 3.68. The molecule has 0 bridgehead atoms. The summed E-state index contributed by atoms with van der Waals surface area (Å²) in [6.45, 7) is 2.58. The molecular weight excluding hydrogens is 347 g/mol. The van der Waals surface area contributed by atoms with Crippen LogP contribution in [0.3, 0.4) is 0 Å². The Kier molecular flexibility index (Phi) is 5.21. The number of fused-ring (bicyclic) bond motifs is 1. The monoisotopic (exact) mass is 362 g/mol. The second-order valence-electron chi connectivity index (χ2n) is 5.36. The number of hydrogen-bond acceptors (Lipinski definition) is 3. The molecule has 3 rings (SSSR count). The van der Waals surface area contributed by atoms with Gasteiger partial charge in [0.1, 0.15) is 5.82 Å². The summed E-state index contributed by atoms with van der Waals surface area (Å²) < 4.78 is 15.6. The summed E-state index contributed by atoms with van der Waals surface area (Å²) in [6.07, 6.45) is 0.813. The van der Waals surface area contributed by atoms with Gasteiger partial charge in [0.2, 0.25) is 0 Å². The Morgan fingerprint density at radius 3 is 2.75 bits per heavy atom. The molecule has 0 saturated carbocycles. The largest absolute Gasteiger partial charge is 0.287 e. The van der Waals surface area contributed by atoms with Crippen LogP contribution in [0.5, 0.6) is 0 Å². The van der Waals surface area contributed by atoms with Gasteiger partial charge in [-0.15, -0.1) is 0 Å². The van der Waals surface area contributed by atoms with Gasteiger partial charge in [0.25, 0.3) is 5.56 Å². The molecule has 3 aromatic rings. The molecule has 0 fully saturated rings. The van der Waals surface area contributed by atoms with Gasteiger partial charge in [-0.25, -0.2) is 9.37 Å². The Bertz CT molecular complexity index is 922. The molecule has 124 valence electrons. The Morgan fingerprint density at radius 2 is 2.00 bits per heavy atom. The Morgan fingerprint density at radius 1 is 1.21 bits per heavy atom. The molecule has 6 heteroatoms. The van der Waals surface area contributed by atoms with Crippen LogP contribution in [-0.4, -0.2) is 9.55 Å². The number of hydrogen-bond donors (Lipinski definition) is 0. The maximum Gasteiger partial charge on any atom is 0.262 e. The first kappa shape index (κ1) is 17.0. The molecule has 0 saturated heterocycles. The molecule has 0 atom stereocenters. The van der Waals surface area contributed by atoms with E-state index < -0.39 is 0 Å². The fraction of sp³-hybridized carbons (Fsp3) is 0.222. The summed E-state index contributed by atoms with van der Waals surface area (Å²) in [7, 11) is 0. The minimum absolute atomic E-state index is 0.0652. The van der Waals surface area contributed by atoms with Crippen molar-refractivity contribution in [2.75, 3.05) is 0 Å². The van der Waals surface area contributed by atoms with Crippen LogP contribution in [0.15, 0.2) is 52.4 Å². The maximum atomic E-state index is 13.9. The summed E-state index contributed by atoms with van der Waals surface area (Å²) >= 11 is 7.41. The van der Waals surface area contributed by atoms with Crippen LogP contribution in [0.1, 0.15) is 18.9 Å². The van der Waals surface area contributed by atoms with E-state index in [0.29, 0.717) is 38.9 Å². The Hall–Kier alpha value is -1.85. The molecule has 0 unspecified atom stereocenters. The van der Waals surface area contributed by atoms with E-state index in [4.69, 9.17) is 11.6 Å². The van der Waals surface area contributed by atoms with Crippen LogP contribution in [0, 0.1) is 5.82 Å². The van der Waals surface area contributed by atoms with Crippen molar-refractivity contribution in [2.24, 2.45) is 0 Å². The summed E-state index contributed by atoms with van der Waals surface area (Å²) in [5.74, 6) is -0.0276. The SMILES string of the molecule is CCCn1c(SCc2c(F)cccc2Cl)nc2ccccc2c1=O. The first-order valence-electron chi connectivity index (χ1n) is 7.67. The summed E-state index contributed by atoms with van der Waals surface area (Å²) in [5, 5.41) is 1.56. The molecule has 2 aromatic carbocycles. The highest BCUT2D eigenvalue weighted by molar-refractivity contribution is 7.98. The topological polar surface area (TPSA) is 34.9 Å². The van der Waals surface area contributed by atoms with Gasteiger partial charge in [-0.1, -0.05) is 48.5 Å². The zero-order valence-corrected chi connectivity index (χ0v) is 14.7. The van der Waals surface area contributed by atoms with E-state index in [9.17, 15) is 9.18 Å². The molecule has 0 aliphatic rings. The lowest BCUT2D eigenvalue weighted by atomic mass is 10.2.